The maximum atomic E-state index is 5.41. The fraction of sp³-hybridized carbons (Fsp3) is 0.222. The minimum absolute atomic E-state index is 0.568. The molecule has 2 N–H and O–H groups in total. The third-order valence-corrected chi connectivity index (χ3v) is 2.54. The van der Waals surface area contributed by atoms with Crippen molar-refractivity contribution in [1.29, 1.82) is 0 Å². The van der Waals surface area contributed by atoms with E-state index >= 15 is 0 Å². The topological polar surface area (TPSA) is 38.9 Å². The Balaban J connectivity index is 2.38. The van der Waals surface area contributed by atoms with E-state index in [1.165, 1.54) is 4.90 Å². The number of pyridine rings is 1. The standard InChI is InChI=1S/C9H12N2S/c1-8(6-10)7-12-9-2-4-11-5-3-9/h2-5H,1,6-7,10H2. The van der Waals surface area contributed by atoms with Crippen molar-refractivity contribution < 1.29 is 0 Å². The van der Waals surface area contributed by atoms with E-state index in [9.17, 15) is 0 Å². The van der Waals surface area contributed by atoms with Gasteiger partial charge in [-0.25, -0.2) is 0 Å². The van der Waals surface area contributed by atoms with E-state index in [2.05, 4.69) is 11.6 Å². The van der Waals surface area contributed by atoms with Gasteiger partial charge in [0, 0.05) is 29.6 Å². The van der Waals surface area contributed by atoms with Crippen LogP contribution < -0.4 is 5.73 Å². The number of rotatable bonds is 4. The zero-order chi connectivity index (χ0) is 8.81. The van der Waals surface area contributed by atoms with Crippen LogP contribution in [-0.4, -0.2) is 17.3 Å². The van der Waals surface area contributed by atoms with Gasteiger partial charge in [-0.05, 0) is 12.1 Å². The van der Waals surface area contributed by atoms with Crippen LogP contribution in [-0.2, 0) is 0 Å². The summed E-state index contributed by atoms with van der Waals surface area (Å²) in [6.07, 6.45) is 3.57. The van der Waals surface area contributed by atoms with Gasteiger partial charge < -0.3 is 5.73 Å². The SMILES string of the molecule is C=C(CN)CSc1ccncc1. The molecule has 1 aromatic heterocycles. The van der Waals surface area contributed by atoms with Crippen molar-refractivity contribution in [2.24, 2.45) is 5.73 Å². The molecule has 0 unspecified atom stereocenters. The molecule has 0 aliphatic rings. The van der Waals surface area contributed by atoms with Gasteiger partial charge in [-0.1, -0.05) is 12.2 Å². The molecule has 0 fully saturated rings. The largest absolute Gasteiger partial charge is 0.327 e. The predicted molar refractivity (Wildman–Crippen MR) is 53.2 cm³/mol. The van der Waals surface area contributed by atoms with Crippen molar-refractivity contribution in [3.8, 4) is 0 Å². The zero-order valence-corrected chi connectivity index (χ0v) is 7.68. The second kappa shape index (κ2) is 4.95. The highest BCUT2D eigenvalue weighted by Crippen LogP contribution is 2.17. The molecule has 0 bridgehead atoms. The van der Waals surface area contributed by atoms with Gasteiger partial charge in [-0.3, -0.25) is 4.98 Å². The van der Waals surface area contributed by atoms with E-state index in [1.807, 2.05) is 12.1 Å². The molecule has 2 nitrogen and oxygen atoms in total. The van der Waals surface area contributed by atoms with Crippen molar-refractivity contribution in [2.45, 2.75) is 4.90 Å². The van der Waals surface area contributed by atoms with Crippen LogP contribution in [0.1, 0.15) is 0 Å². The van der Waals surface area contributed by atoms with Gasteiger partial charge in [0.2, 0.25) is 0 Å². The van der Waals surface area contributed by atoms with Crippen LogP contribution in [0.4, 0.5) is 0 Å². The normalized spacial score (nSPS) is 9.75. The maximum Gasteiger partial charge on any atom is 0.0278 e. The molecule has 0 radical (unpaired) electrons. The fourth-order valence-corrected chi connectivity index (χ4v) is 1.48. The Labute approximate surface area is 76.9 Å². The highest BCUT2D eigenvalue weighted by molar-refractivity contribution is 7.99. The molecule has 1 rings (SSSR count). The van der Waals surface area contributed by atoms with Crippen molar-refractivity contribution >= 4 is 11.8 Å². The molecule has 1 heterocycles. The Bertz CT molecular complexity index is 246. The van der Waals surface area contributed by atoms with Gasteiger partial charge >= 0.3 is 0 Å². The molecule has 0 atom stereocenters. The molecule has 12 heavy (non-hydrogen) atoms. The molecule has 0 saturated carbocycles. The first-order valence-electron chi connectivity index (χ1n) is 3.72. The van der Waals surface area contributed by atoms with Gasteiger partial charge in [0.05, 0.1) is 0 Å². The van der Waals surface area contributed by atoms with Gasteiger partial charge in [-0.2, -0.15) is 0 Å². The van der Waals surface area contributed by atoms with E-state index in [0.29, 0.717) is 6.54 Å². The molecule has 0 aliphatic carbocycles. The summed E-state index contributed by atoms with van der Waals surface area (Å²) < 4.78 is 0. The number of aromatic nitrogens is 1. The number of nitrogens with zero attached hydrogens (tertiary/aromatic N) is 1. The number of hydrogen-bond acceptors (Lipinski definition) is 3. The van der Waals surface area contributed by atoms with Crippen LogP contribution in [0.3, 0.4) is 0 Å². The van der Waals surface area contributed by atoms with Gasteiger partial charge in [0.15, 0.2) is 0 Å². The molecule has 0 saturated heterocycles. The van der Waals surface area contributed by atoms with E-state index in [0.717, 1.165) is 11.3 Å². The molecular formula is C9H12N2S. The average Bonchev–Trinajstić information content (AvgIpc) is 2.16. The minimum Gasteiger partial charge on any atom is -0.327 e. The Kier molecular flexibility index (Phi) is 3.84. The molecular weight excluding hydrogens is 168 g/mol. The van der Waals surface area contributed by atoms with Crippen LogP contribution in [0.2, 0.25) is 0 Å². The van der Waals surface area contributed by atoms with Crippen molar-refractivity contribution in [2.75, 3.05) is 12.3 Å². The molecule has 0 spiro atoms. The molecule has 0 amide bonds. The Morgan fingerprint density at radius 3 is 2.75 bits per heavy atom. The van der Waals surface area contributed by atoms with Crippen molar-refractivity contribution in [1.82, 2.24) is 4.98 Å². The van der Waals surface area contributed by atoms with Crippen LogP contribution in [0.15, 0.2) is 41.6 Å². The summed E-state index contributed by atoms with van der Waals surface area (Å²) in [5.74, 6) is 0.889. The second-order valence-electron chi connectivity index (χ2n) is 2.43. The summed E-state index contributed by atoms with van der Waals surface area (Å²) >= 11 is 1.73. The highest BCUT2D eigenvalue weighted by Gasteiger charge is 1.93. The predicted octanol–water partition coefficient (Wildman–Crippen LogP) is 1.69. The lowest BCUT2D eigenvalue weighted by Crippen LogP contribution is -2.03. The zero-order valence-electron chi connectivity index (χ0n) is 6.86. The Hall–Kier alpha value is -0.800. The molecule has 0 aromatic carbocycles. The smallest absolute Gasteiger partial charge is 0.0278 e. The lowest BCUT2D eigenvalue weighted by Gasteiger charge is -2.01. The highest BCUT2D eigenvalue weighted by atomic mass is 32.2. The average molecular weight is 180 g/mol. The first-order valence-corrected chi connectivity index (χ1v) is 4.71. The quantitative estimate of drug-likeness (QED) is 0.566. The molecule has 64 valence electrons. The van der Waals surface area contributed by atoms with Gasteiger partial charge in [0.1, 0.15) is 0 Å². The summed E-state index contributed by atoms with van der Waals surface area (Å²) in [4.78, 5) is 5.14. The first kappa shape index (κ1) is 9.29. The Morgan fingerprint density at radius 1 is 1.50 bits per heavy atom. The van der Waals surface area contributed by atoms with Crippen LogP contribution in [0.5, 0.6) is 0 Å². The third-order valence-electron chi connectivity index (χ3n) is 1.38. The summed E-state index contributed by atoms with van der Waals surface area (Å²) in [5, 5.41) is 0. The van der Waals surface area contributed by atoms with Crippen molar-refractivity contribution in [3.63, 3.8) is 0 Å². The third kappa shape index (κ3) is 3.07. The van der Waals surface area contributed by atoms with E-state index in [1.54, 1.807) is 24.2 Å². The summed E-state index contributed by atoms with van der Waals surface area (Å²) in [7, 11) is 0. The monoisotopic (exact) mass is 180 g/mol. The Morgan fingerprint density at radius 2 is 2.17 bits per heavy atom. The van der Waals surface area contributed by atoms with Crippen LogP contribution in [0, 0.1) is 0 Å². The lowest BCUT2D eigenvalue weighted by atomic mass is 10.4. The first-order chi connectivity index (χ1) is 5.83. The fourth-order valence-electron chi connectivity index (χ4n) is 0.679. The summed E-state index contributed by atoms with van der Waals surface area (Å²) in [6, 6.07) is 3.96. The summed E-state index contributed by atoms with van der Waals surface area (Å²) in [5.41, 5.74) is 6.48. The number of thioether (sulfide) groups is 1. The molecule has 1 aromatic rings. The van der Waals surface area contributed by atoms with E-state index in [-0.39, 0.29) is 0 Å². The maximum absolute atomic E-state index is 5.41. The van der Waals surface area contributed by atoms with E-state index < -0.39 is 0 Å². The second-order valence-corrected chi connectivity index (χ2v) is 3.47. The van der Waals surface area contributed by atoms with Crippen molar-refractivity contribution in [3.05, 3.63) is 36.7 Å². The van der Waals surface area contributed by atoms with Gasteiger partial charge in [-0.15, -0.1) is 11.8 Å². The lowest BCUT2D eigenvalue weighted by molar-refractivity contribution is 1.15. The van der Waals surface area contributed by atoms with Crippen LogP contribution >= 0.6 is 11.8 Å². The minimum atomic E-state index is 0.568. The number of nitrogens with two attached hydrogens (primary N) is 1. The van der Waals surface area contributed by atoms with Crippen LogP contribution in [0.25, 0.3) is 0 Å². The number of hydrogen-bond donors (Lipinski definition) is 1. The van der Waals surface area contributed by atoms with E-state index in [4.69, 9.17) is 5.73 Å². The molecule has 0 aliphatic heterocycles. The molecule has 3 heteroatoms. The summed E-state index contributed by atoms with van der Waals surface area (Å²) in [6.45, 7) is 4.39. The van der Waals surface area contributed by atoms with Gasteiger partial charge in [0.25, 0.3) is 0 Å².